The van der Waals surface area contributed by atoms with Gasteiger partial charge in [-0.2, -0.15) is 5.26 Å². The maximum atomic E-state index is 8.77. The summed E-state index contributed by atoms with van der Waals surface area (Å²) in [6, 6.07) is 10.3. The van der Waals surface area contributed by atoms with Crippen molar-refractivity contribution >= 4 is 0 Å². The number of rotatable bonds is 3. The van der Waals surface area contributed by atoms with Crippen LogP contribution in [0.15, 0.2) is 24.3 Å². The van der Waals surface area contributed by atoms with E-state index in [4.69, 9.17) is 11.0 Å². The molecule has 96 valence electrons. The fraction of sp³-hybridized carbons (Fsp3) is 0.533. The number of nitrogens with zero attached hydrogens (tertiary/aromatic N) is 2. The molecular formula is C15H21N3. The predicted molar refractivity (Wildman–Crippen MR) is 72.8 cm³/mol. The molecule has 1 aliphatic heterocycles. The molecule has 1 aliphatic rings. The second-order valence-electron chi connectivity index (χ2n) is 5.31. The summed E-state index contributed by atoms with van der Waals surface area (Å²) in [7, 11) is 0. The molecule has 1 aromatic carbocycles. The number of nitrogens with two attached hydrogens (primary N) is 1. The van der Waals surface area contributed by atoms with Crippen LogP contribution in [0, 0.1) is 17.2 Å². The Balaban J connectivity index is 1.94. The molecule has 0 saturated carbocycles. The highest BCUT2D eigenvalue weighted by Crippen LogP contribution is 2.20. The van der Waals surface area contributed by atoms with E-state index in [1.807, 2.05) is 24.3 Å². The smallest absolute Gasteiger partial charge is 0.0991 e. The van der Waals surface area contributed by atoms with Crippen LogP contribution in [-0.2, 0) is 6.54 Å². The van der Waals surface area contributed by atoms with Crippen LogP contribution in [0.2, 0.25) is 0 Å². The monoisotopic (exact) mass is 243 g/mol. The number of nitriles is 1. The second-order valence-corrected chi connectivity index (χ2v) is 5.31. The van der Waals surface area contributed by atoms with Crippen LogP contribution in [0.1, 0.15) is 30.9 Å². The van der Waals surface area contributed by atoms with Gasteiger partial charge in [0.2, 0.25) is 0 Å². The first kappa shape index (κ1) is 13.1. The molecule has 0 bridgehead atoms. The van der Waals surface area contributed by atoms with Gasteiger partial charge in [-0.25, -0.2) is 0 Å². The molecule has 1 saturated heterocycles. The van der Waals surface area contributed by atoms with E-state index in [-0.39, 0.29) is 6.04 Å². The van der Waals surface area contributed by atoms with Crippen LogP contribution >= 0.6 is 0 Å². The Labute approximate surface area is 109 Å². The molecule has 0 amide bonds. The Hall–Kier alpha value is -1.37. The summed E-state index contributed by atoms with van der Waals surface area (Å²) in [6.07, 6.45) is 2.49. The van der Waals surface area contributed by atoms with E-state index in [0.29, 0.717) is 5.92 Å². The van der Waals surface area contributed by atoms with E-state index in [2.05, 4.69) is 17.9 Å². The molecule has 1 heterocycles. The lowest BCUT2D eigenvalue weighted by molar-refractivity contribution is 0.154. The predicted octanol–water partition coefficient (Wildman–Crippen LogP) is 2.12. The lowest BCUT2D eigenvalue weighted by Crippen LogP contribution is -2.41. The Morgan fingerprint density at radius 3 is 2.78 bits per heavy atom. The van der Waals surface area contributed by atoms with Crippen molar-refractivity contribution in [3.8, 4) is 6.07 Å². The molecule has 0 spiro atoms. The highest BCUT2D eigenvalue weighted by atomic mass is 15.1. The average Bonchev–Trinajstić information content (AvgIpc) is 2.40. The summed E-state index contributed by atoms with van der Waals surface area (Å²) in [5.41, 5.74) is 8.00. The van der Waals surface area contributed by atoms with Crippen LogP contribution in [0.4, 0.5) is 0 Å². The van der Waals surface area contributed by atoms with Gasteiger partial charge in [-0.1, -0.05) is 12.1 Å². The number of likely N-dealkylation sites (tertiary alicyclic amines) is 1. The summed E-state index contributed by atoms with van der Waals surface area (Å²) in [6.45, 7) is 5.33. The van der Waals surface area contributed by atoms with Gasteiger partial charge in [-0.05, 0) is 49.9 Å². The van der Waals surface area contributed by atoms with Gasteiger partial charge in [0.1, 0.15) is 0 Å². The van der Waals surface area contributed by atoms with Crippen molar-refractivity contribution in [2.45, 2.75) is 32.4 Å². The zero-order valence-corrected chi connectivity index (χ0v) is 11.0. The molecule has 3 heteroatoms. The van der Waals surface area contributed by atoms with Gasteiger partial charge in [0, 0.05) is 19.1 Å². The third kappa shape index (κ3) is 3.32. The third-order valence-corrected chi connectivity index (χ3v) is 3.77. The summed E-state index contributed by atoms with van der Waals surface area (Å²) in [4.78, 5) is 2.47. The second kappa shape index (κ2) is 5.99. The van der Waals surface area contributed by atoms with Crippen molar-refractivity contribution in [2.75, 3.05) is 13.1 Å². The van der Waals surface area contributed by atoms with Gasteiger partial charge in [0.05, 0.1) is 11.6 Å². The highest BCUT2D eigenvalue weighted by Gasteiger charge is 2.22. The van der Waals surface area contributed by atoms with Crippen molar-refractivity contribution in [3.05, 3.63) is 35.4 Å². The minimum atomic E-state index is 0.286. The standard InChI is InChI=1S/C15H21N3/c1-12(17)15-3-2-8-18(11-15)10-14-6-4-13(9-16)5-7-14/h4-7,12,15H,2-3,8,10-11,17H2,1H3. The molecule has 2 atom stereocenters. The Bertz CT molecular complexity index is 416. The van der Waals surface area contributed by atoms with E-state index < -0.39 is 0 Å². The van der Waals surface area contributed by atoms with Crippen LogP contribution in [0.5, 0.6) is 0 Å². The lowest BCUT2D eigenvalue weighted by atomic mass is 9.92. The Morgan fingerprint density at radius 1 is 1.44 bits per heavy atom. The molecule has 2 N–H and O–H groups in total. The first-order valence-electron chi connectivity index (χ1n) is 6.66. The highest BCUT2D eigenvalue weighted by molar-refractivity contribution is 5.31. The number of hydrogen-bond acceptors (Lipinski definition) is 3. The average molecular weight is 243 g/mol. The molecule has 0 aromatic heterocycles. The Kier molecular flexibility index (Phi) is 4.35. The topological polar surface area (TPSA) is 53.0 Å². The largest absolute Gasteiger partial charge is 0.328 e. The molecule has 0 aliphatic carbocycles. The van der Waals surface area contributed by atoms with Gasteiger partial charge < -0.3 is 5.73 Å². The molecule has 2 unspecified atom stereocenters. The zero-order valence-electron chi connectivity index (χ0n) is 11.0. The van der Waals surface area contributed by atoms with E-state index in [9.17, 15) is 0 Å². The number of piperidine rings is 1. The van der Waals surface area contributed by atoms with E-state index in [1.165, 1.54) is 18.4 Å². The molecule has 2 rings (SSSR count). The van der Waals surface area contributed by atoms with Crippen LogP contribution in [-0.4, -0.2) is 24.0 Å². The van der Waals surface area contributed by atoms with E-state index in [0.717, 1.165) is 25.2 Å². The van der Waals surface area contributed by atoms with Crippen molar-refractivity contribution in [1.29, 1.82) is 5.26 Å². The first-order valence-corrected chi connectivity index (χ1v) is 6.66. The summed E-state index contributed by atoms with van der Waals surface area (Å²) >= 11 is 0. The number of hydrogen-bond donors (Lipinski definition) is 1. The van der Waals surface area contributed by atoms with Crippen LogP contribution in [0.25, 0.3) is 0 Å². The lowest BCUT2D eigenvalue weighted by Gasteiger charge is -2.34. The van der Waals surface area contributed by atoms with Crippen LogP contribution < -0.4 is 5.73 Å². The summed E-state index contributed by atoms with van der Waals surface area (Å²) < 4.78 is 0. The van der Waals surface area contributed by atoms with Gasteiger partial charge in [-0.15, -0.1) is 0 Å². The van der Waals surface area contributed by atoms with Crippen molar-refractivity contribution < 1.29 is 0 Å². The molecule has 0 radical (unpaired) electrons. The van der Waals surface area contributed by atoms with Gasteiger partial charge in [0.15, 0.2) is 0 Å². The summed E-state index contributed by atoms with van der Waals surface area (Å²) in [5.74, 6) is 0.622. The molecular weight excluding hydrogens is 222 g/mol. The SMILES string of the molecule is CC(N)C1CCCN(Cc2ccc(C#N)cc2)C1. The van der Waals surface area contributed by atoms with Crippen molar-refractivity contribution in [3.63, 3.8) is 0 Å². The minimum absolute atomic E-state index is 0.286. The third-order valence-electron chi connectivity index (χ3n) is 3.77. The maximum absolute atomic E-state index is 8.77. The quantitative estimate of drug-likeness (QED) is 0.884. The van der Waals surface area contributed by atoms with Crippen molar-refractivity contribution in [2.24, 2.45) is 11.7 Å². The molecule has 1 fully saturated rings. The zero-order chi connectivity index (χ0) is 13.0. The van der Waals surface area contributed by atoms with Gasteiger partial charge in [-0.3, -0.25) is 4.90 Å². The van der Waals surface area contributed by atoms with Gasteiger partial charge in [0.25, 0.3) is 0 Å². The normalized spacial score (nSPS) is 22.4. The molecule has 18 heavy (non-hydrogen) atoms. The fourth-order valence-electron chi connectivity index (χ4n) is 2.61. The maximum Gasteiger partial charge on any atom is 0.0991 e. The van der Waals surface area contributed by atoms with Crippen LogP contribution in [0.3, 0.4) is 0 Å². The molecule has 3 nitrogen and oxygen atoms in total. The Morgan fingerprint density at radius 2 is 2.17 bits per heavy atom. The van der Waals surface area contributed by atoms with E-state index >= 15 is 0 Å². The number of benzene rings is 1. The molecule has 1 aromatic rings. The van der Waals surface area contributed by atoms with Gasteiger partial charge >= 0.3 is 0 Å². The minimum Gasteiger partial charge on any atom is -0.328 e. The van der Waals surface area contributed by atoms with Crippen molar-refractivity contribution in [1.82, 2.24) is 4.90 Å². The van der Waals surface area contributed by atoms with E-state index in [1.54, 1.807) is 0 Å². The fourth-order valence-corrected chi connectivity index (χ4v) is 2.61. The first-order chi connectivity index (χ1) is 8.69. The summed E-state index contributed by atoms with van der Waals surface area (Å²) in [5, 5.41) is 8.77.